The first-order valence-electron chi connectivity index (χ1n) is 6.28. The number of amides is 1. The fourth-order valence-electron chi connectivity index (χ4n) is 1.56. The SMILES string of the molecule is O=C(COc1cc(Cl)c(Cl)cc1Cl)NOCc1ccccc1. The molecular weight excluding hydrogens is 349 g/mol. The van der Waals surface area contributed by atoms with E-state index in [9.17, 15) is 4.79 Å². The van der Waals surface area contributed by atoms with Crippen molar-refractivity contribution in [1.82, 2.24) is 5.48 Å². The summed E-state index contributed by atoms with van der Waals surface area (Å²) in [5.41, 5.74) is 3.22. The van der Waals surface area contributed by atoms with Gasteiger partial charge in [-0.05, 0) is 11.6 Å². The third-order valence-corrected chi connectivity index (χ3v) is 3.62. The molecule has 0 spiro atoms. The minimum Gasteiger partial charge on any atom is -0.482 e. The summed E-state index contributed by atoms with van der Waals surface area (Å²) in [5.74, 6) is -0.174. The number of hydrogen-bond donors (Lipinski definition) is 1. The Balaban J connectivity index is 1.77. The lowest BCUT2D eigenvalue weighted by molar-refractivity contribution is -0.136. The number of hydrogen-bond acceptors (Lipinski definition) is 3. The molecule has 0 aromatic heterocycles. The summed E-state index contributed by atoms with van der Waals surface area (Å²) >= 11 is 17.6. The lowest BCUT2D eigenvalue weighted by Gasteiger charge is -2.10. The zero-order valence-corrected chi connectivity index (χ0v) is 13.6. The molecule has 0 aliphatic rings. The summed E-state index contributed by atoms with van der Waals surface area (Å²) < 4.78 is 5.27. The van der Waals surface area contributed by atoms with E-state index in [4.69, 9.17) is 44.4 Å². The number of rotatable bonds is 6. The lowest BCUT2D eigenvalue weighted by Crippen LogP contribution is -2.29. The van der Waals surface area contributed by atoms with Gasteiger partial charge in [0.05, 0.1) is 21.7 Å². The van der Waals surface area contributed by atoms with Crippen molar-refractivity contribution in [3.05, 3.63) is 63.1 Å². The van der Waals surface area contributed by atoms with E-state index in [2.05, 4.69) is 5.48 Å². The monoisotopic (exact) mass is 359 g/mol. The van der Waals surface area contributed by atoms with E-state index in [1.165, 1.54) is 12.1 Å². The van der Waals surface area contributed by atoms with E-state index in [0.29, 0.717) is 10.0 Å². The summed E-state index contributed by atoms with van der Waals surface area (Å²) in [6.07, 6.45) is 0. The smallest absolute Gasteiger partial charge is 0.281 e. The van der Waals surface area contributed by atoms with Crippen molar-refractivity contribution in [2.45, 2.75) is 6.61 Å². The van der Waals surface area contributed by atoms with Gasteiger partial charge in [0.25, 0.3) is 5.91 Å². The van der Waals surface area contributed by atoms with Gasteiger partial charge in [0.2, 0.25) is 0 Å². The van der Waals surface area contributed by atoms with Crippen LogP contribution < -0.4 is 10.2 Å². The van der Waals surface area contributed by atoms with Crippen molar-refractivity contribution in [2.75, 3.05) is 6.61 Å². The molecule has 1 N–H and O–H groups in total. The fraction of sp³-hybridized carbons (Fsp3) is 0.133. The van der Waals surface area contributed by atoms with Crippen molar-refractivity contribution in [2.24, 2.45) is 0 Å². The van der Waals surface area contributed by atoms with Gasteiger partial charge in [-0.3, -0.25) is 9.63 Å². The quantitative estimate of drug-likeness (QED) is 0.618. The van der Waals surface area contributed by atoms with E-state index in [-0.39, 0.29) is 24.0 Å². The lowest BCUT2D eigenvalue weighted by atomic mass is 10.2. The zero-order valence-electron chi connectivity index (χ0n) is 11.3. The first-order chi connectivity index (χ1) is 10.6. The maximum atomic E-state index is 11.6. The summed E-state index contributed by atoms with van der Waals surface area (Å²) in [4.78, 5) is 16.7. The van der Waals surface area contributed by atoms with Crippen LogP contribution in [0, 0.1) is 0 Å². The Kier molecular flexibility index (Phi) is 6.34. The Morgan fingerprint density at radius 2 is 1.68 bits per heavy atom. The highest BCUT2D eigenvalue weighted by Gasteiger charge is 2.09. The molecule has 2 rings (SSSR count). The molecule has 0 heterocycles. The van der Waals surface area contributed by atoms with Gasteiger partial charge in [0.1, 0.15) is 5.75 Å². The molecule has 7 heteroatoms. The molecule has 0 fully saturated rings. The average molecular weight is 361 g/mol. The molecule has 1 amide bonds. The first kappa shape index (κ1) is 16.9. The van der Waals surface area contributed by atoms with Crippen LogP contribution >= 0.6 is 34.8 Å². The number of ether oxygens (including phenoxy) is 1. The van der Waals surface area contributed by atoms with Crippen LogP contribution in [0.4, 0.5) is 0 Å². The molecule has 2 aromatic rings. The van der Waals surface area contributed by atoms with Crippen molar-refractivity contribution >= 4 is 40.7 Å². The number of carbonyl (C=O) groups is 1. The Morgan fingerprint density at radius 3 is 2.41 bits per heavy atom. The molecule has 0 atom stereocenters. The van der Waals surface area contributed by atoms with Gasteiger partial charge in [0.15, 0.2) is 6.61 Å². The number of benzene rings is 2. The highest BCUT2D eigenvalue weighted by atomic mass is 35.5. The van der Waals surface area contributed by atoms with Gasteiger partial charge in [-0.2, -0.15) is 0 Å². The topological polar surface area (TPSA) is 47.6 Å². The van der Waals surface area contributed by atoms with Gasteiger partial charge in [-0.15, -0.1) is 0 Å². The molecule has 4 nitrogen and oxygen atoms in total. The summed E-state index contributed by atoms with van der Waals surface area (Å²) in [7, 11) is 0. The Labute approximate surface area is 142 Å². The molecule has 0 saturated heterocycles. The van der Waals surface area contributed by atoms with Crippen molar-refractivity contribution in [1.29, 1.82) is 0 Å². The molecule has 2 aromatic carbocycles. The van der Waals surface area contributed by atoms with E-state index in [0.717, 1.165) is 5.56 Å². The number of hydroxylamine groups is 1. The maximum Gasteiger partial charge on any atom is 0.281 e. The van der Waals surface area contributed by atoms with Crippen LogP contribution in [-0.4, -0.2) is 12.5 Å². The molecule has 0 bridgehead atoms. The molecule has 0 saturated carbocycles. The Bertz CT molecular complexity index is 650. The summed E-state index contributed by atoms with van der Waals surface area (Å²) in [6.45, 7) is 0.00653. The summed E-state index contributed by atoms with van der Waals surface area (Å²) in [5, 5.41) is 0.879. The van der Waals surface area contributed by atoms with Crippen molar-refractivity contribution < 1.29 is 14.4 Å². The van der Waals surface area contributed by atoms with Gasteiger partial charge >= 0.3 is 0 Å². The highest BCUT2D eigenvalue weighted by Crippen LogP contribution is 2.33. The zero-order chi connectivity index (χ0) is 15.9. The van der Waals surface area contributed by atoms with Gasteiger partial charge in [-0.25, -0.2) is 5.48 Å². The van der Waals surface area contributed by atoms with Crippen LogP contribution in [-0.2, 0) is 16.2 Å². The maximum absolute atomic E-state index is 11.6. The van der Waals surface area contributed by atoms with E-state index >= 15 is 0 Å². The predicted molar refractivity (Wildman–Crippen MR) is 86.3 cm³/mol. The first-order valence-corrected chi connectivity index (χ1v) is 7.41. The average Bonchev–Trinajstić information content (AvgIpc) is 2.50. The standard InChI is InChI=1S/C15H12Cl3NO3/c16-11-6-13(18)14(7-12(11)17)21-9-15(20)19-22-8-10-4-2-1-3-5-10/h1-7H,8-9H2,(H,19,20). The largest absolute Gasteiger partial charge is 0.482 e. The van der Waals surface area contributed by atoms with E-state index < -0.39 is 5.91 Å². The molecule has 116 valence electrons. The fourth-order valence-corrected chi connectivity index (χ4v) is 2.15. The second-order valence-corrected chi connectivity index (χ2v) is 5.51. The van der Waals surface area contributed by atoms with Crippen LogP contribution in [0.25, 0.3) is 0 Å². The van der Waals surface area contributed by atoms with E-state index in [1.54, 1.807) is 0 Å². The second kappa shape index (κ2) is 8.25. The second-order valence-electron chi connectivity index (χ2n) is 4.28. The number of halogens is 3. The number of carbonyl (C=O) groups excluding carboxylic acids is 1. The van der Waals surface area contributed by atoms with Gasteiger partial charge in [-0.1, -0.05) is 65.1 Å². The normalized spacial score (nSPS) is 10.3. The highest BCUT2D eigenvalue weighted by molar-refractivity contribution is 6.43. The Hall–Kier alpha value is -1.46. The van der Waals surface area contributed by atoms with Crippen LogP contribution in [0.15, 0.2) is 42.5 Å². The van der Waals surface area contributed by atoms with E-state index in [1.807, 2.05) is 30.3 Å². The molecule has 0 unspecified atom stereocenters. The molecule has 22 heavy (non-hydrogen) atoms. The van der Waals surface area contributed by atoms with Gasteiger partial charge < -0.3 is 4.74 Å². The predicted octanol–water partition coefficient (Wildman–Crippen LogP) is 4.27. The van der Waals surface area contributed by atoms with Gasteiger partial charge in [0, 0.05) is 6.07 Å². The van der Waals surface area contributed by atoms with Crippen molar-refractivity contribution in [3.63, 3.8) is 0 Å². The van der Waals surface area contributed by atoms with Crippen LogP contribution in [0.2, 0.25) is 15.1 Å². The molecule has 0 aliphatic heterocycles. The third-order valence-electron chi connectivity index (χ3n) is 2.60. The molecular formula is C15H12Cl3NO3. The molecule has 0 radical (unpaired) electrons. The third kappa shape index (κ3) is 5.07. The minimum absolute atomic E-state index is 0.257. The van der Waals surface area contributed by atoms with Crippen LogP contribution in [0.1, 0.15) is 5.56 Å². The molecule has 0 aliphatic carbocycles. The summed E-state index contributed by atoms with van der Waals surface area (Å²) in [6, 6.07) is 12.3. The Morgan fingerprint density at radius 1 is 1.00 bits per heavy atom. The van der Waals surface area contributed by atoms with Crippen LogP contribution in [0.5, 0.6) is 5.75 Å². The van der Waals surface area contributed by atoms with Crippen molar-refractivity contribution in [3.8, 4) is 5.75 Å². The minimum atomic E-state index is -0.446. The number of nitrogens with one attached hydrogen (secondary N) is 1. The van der Waals surface area contributed by atoms with Crippen LogP contribution in [0.3, 0.4) is 0 Å².